The summed E-state index contributed by atoms with van der Waals surface area (Å²) < 4.78 is 0. The molecule has 2 heteroatoms. The molecule has 0 saturated heterocycles. The Labute approximate surface area is 41.8 Å². The lowest BCUT2D eigenvalue weighted by atomic mass is 10.4. The van der Waals surface area contributed by atoms with Crippen molar-refractivity contribution < 1.29 is 5.11 Å². The molecule has 0 saturated carbocycles. The zero-order chi connectivity index (χ0) is 5.28. The second kappa shape index (κ2) is 1.30. The zero-order valence-corrected chi connectivity index (χ0v) is 4.06. The summed E-state index contributed by atoms with van der Waals surface area (Å²) in [6, 6.07) is 1.75. The standard InChI is InChI=1S/C5H7NO/c1-4-2-3-6-5(4)7/h2-3,6-7H,1H3/p-1. The van der Waals surface area contributed by atoms with E-state index in [1.165, 1.54) is 0 Å². The number of aromatic nitrogens is 1. The van der Waals surface area contributed by atoms with E-state index in [-0.39, 0.29) is 5.88 Å². The summed E-state index contributed by atoms with van der Waals surface area (Å²) in [7, 11) is 0. The molecule has 0 aromatic carbocycles. The molecule has 1 aromatic rings. The lowest BCUT2D eigenvalue weighted by Crippen LogP contribution is -1.89. The molecule has 1 aromatic heterocycles. The van der Waals surface area contributed by atoms with E-state index in [0.29, 0.717) is 0 Å². The largest absolute Gasteiger partial charge is 0.860 e. The van der Waals surface area contributed by atoms with Crippen molar-refractivity contribution in [2.75, 3.05) is 0 Å². The molecular formula is C5H6NO-. The van der Waals surface area contributed by atoms with Crippen molar-refractivity contribution in [3.05, 3.63) is 17.8 Å². The van der Waals surface area contributed by atoms with Crippen LogP contribution in [-0.4, -0.2) is 4.98 Å². The highest BCUT2D eigenvalue weighted by Gasteiger charge is 1.79. The summed E-state index contributed by atoms with van der Waals surface area (Å²) >= 11 is 0. The van der Waals surface area contributed by atoms with Crippen LogP contribution in [0.25, 0.3) is 0 Å². The SMILES string of the molecule is Cc1cc[nH]c1[O-]. The van der Waals surface area contributed by atoms with Crippen molar-refractivity contribution in [2.45, 2.75) is 6.92 Å². The first-order chi connectivity index (χ1) is 3.30. The third-order valence-corrected chi connectivity index (χ3v) is 0.906. The van der Waals surface area contributed by atoms with Crippen LogP contribution in [0.4, 0.5) is 0 Å². The van der Waals surface area contributed by atoms with Crippen molar-refractivity contribution in [1.29, 1.82) is 0 Å². The molecule has 0 amide bonds. The van der Waals surface area contributed by atoms with Gasteiger partial charge in [0.2, 0.25) is 0 Å². The van der Waals surface area contributed by atoms with E-state index >= 15 is 0 Å². The zero-order valence-electron chi connectivity index (χ0n) is 4.06. The molecule has 0 atom stereocenters. The topological polar surface area (TPSA) is 38.8 Å². The van der Waals surface area contributed by atoms with Crippen LogP contribution in [0.5, 0.6) is 5.88 Å². The van der Waals surface area contributed by atoms with Crippen LogP contribution in [0, 0.1) is 6.92 Å². The Bertz CT molecular complexity index is 140. The van der Waals surface area contributed by atoms with E-state index in [4.69, 9.17) is 0 Å². The molecule has 1 N–H and O–H groups in total. The van der Waals surface area contributed by atoms with Gasteiger partial charge < -0.3 is 10.1 Å². The summed E-state index contributed by atoms with van der Waals surface area (Å²) in [5.74, 6) is 0.0139. The Morgan fingerprint density at radius 2 is 2.43 bits per heavy atom. The number of rotatable bonds is 0. The van der Waals surface area contributed by atoms with Crippen LogP contribution in [0.1, 0.15) is 5.56 Å². The van der Waals surface area contributed by atoms with Gasteiger partial charge in [-0.05, 0) is 24.4 Å². The summed E-state index contributed by atoms with van der Waals surface area (Å²) in [5.41, 5.74) is 0.778. The molecule has 1 heterocycles. The fraction of sp³-hybridized carbons (Fsp3) is 0.200. The summed E-state index contributed by atoms with van der Waals surface area (Å²) in [5, 5.41) is 10.4. The van der Waals surface area contributed by atoms with E-state index in [9.17, 15) is 5.11 Å². The normalized spacial score (nSPS) is 9.29. The van der Waals surface area contributed by atoms with Gasteiger partial charge in [0, 0.05) is 6.20 Å². The lowest BCUT2D eigenvalue weighted by Gasteiger charge is -1.98. The van der Waals surface area contributed by atoms with Crippen LogP contribution in [-0.2, 0) is 0 Å². The molecule has 0 aliphatic heterocycles. The van der Waals surface area contributed by atoms with Gasteiger partial charge in [0.1, 0.15) is 0 Å². The Morgan fingerprint density at radius 3 is 2.57 bits per heavy atom. The highest BCUT2D eigenvalue weighted by atomic mass is 16.3. The third-order valence-electron chi connectivity index (χ3n) is 0.906. The van der Waals surface area contributed by atoms with Crippen LogP contribution < -0.4 is 5.11 Å². The second-order valence-corrected chi connectivity index (χ2v) is 1.49. The van der Waals surface area contributed by atoms with Gasteiger partial charge in [-0.1, -0.05) is 0 Å². The number of aryl methyl sites for hydroxylation is 1. The fourth-order valence-corrected chi connectivity index (χ4v) is 0.432. The van der Waals surface area contributed by atoms with E-state index in [1.807, 2.05) is 0 Å². The van der Waals surface area contributed by atoms with E-state index < -0.39 is 0 Å². The average molecular weight is 96.1 g/mol. The summed E-state index contributed by atoms with van der Waals surface area (Å²) in [6.45, 7) is 1.78. The molecule has 7 heavy (non-hydrogen) atoms. The molecule has 0 unspecified atom stereocenters. The van der Waals surface area contributed by atoms with Gasteiger partial charge >= 0.3 is 0 Å². The number of hydrogen-bond donors (Lipinski definition) is 1. The molecule has 2 nitrogen and oxygen atoms in total. The van der Waals surface area contributed by atoms with Crippen LogP contribution >= 0.6 is 0 Å². The number of hydrogen-bond acceptors (Lipinski definition) is 1. The average Bonchev–Trinajstić information content (AvgIpc) is 1.91. The number of aromatic amines is 1. The van der Waals surface area contributed by atoms with E-state index in [1.54, 1.807) is 19.2 Å². The number of nitrogens with one attached hydrogen (secondary N) is 1. The molecule has 0 fully saturated rings. The first kappa shape index (κ1) is 4.24. The minimum atomic E-state index is 0.0139. The summed E-state index contributed by atoms with van der Waals surface area (Å²) in [4.78, 5) is 2.51. The molecule has 0 aliphatic carbocycles. The number of H-pyrrole nitrogens is 1. The van der Waals surface area contributed by atoms with Crippen molar-refractivity contribution in [2.24, 2.45) is 0 Å². The molecule has 38 valence electrons. The highest BCUT2D eigenvalue weighted by Crippen LogP contribution is 2.05. The van der Waals surface area contributed by atoms with Crippen molar-refractivity contribution in [3.63, 3.8) is 0 Å². The lowest BCUT2D eigenvalue weighted by molar-refractivity contribution is -0.275. The predicted octanol–water partition coefficient (Wildman–Crippen LogP) is 0.397. The Kier molecular flexibility index (Phi) is 0.785. The van der Waals surface area contributed by atoms with Gasteiger partial charge in [-0.2, -0.15) is 0 Å². The maximum absolute atomic E-state index is 10.4. The Hall–Kier alpha value is -0.920. The van der Waals surface area contributed by atoms with E-state index in [0.717, 1.165) is 5.56 Å². The third kappa shape index (κ3) is 0.585. The van der Waals surface area contributed by atoms with Crippen LogP contribution in [0.15, 0.2) is 12.3 Å². The fourth-order valence-electron chi connectivity index (χ4n) is 0.432. The van der Waals surface area contributed by atoms with Gasteiger partial charge in [0.25, 0.3) is 0 Å². The quantitative estimate of drug-likeness (QED) is 0.498. The van der Waals surface area contributed by atoms with Crippen LogP contribution in [0.2, 0.25) is 0 Å². The molecule has 0 bridgehead atoms. The van der Waals surface area contributed by atoms with Gasteiger partial charge in [-0.15, -0.1) is 0 Å². The van der Waals surface area contributed by atoms with Gasteiger partial charge in [0.15, 0.2) is 0 Å². The van der Waals surface area contributed by atoms with E-state index in [2.05, 4.69) is 4.98 Å². The molecule has 0 aliphatic rings. The highest BCUT2D eigenvalue weighted by molar-refractivity contribution is 5.20. The molecule has 1 rings (SSSR count). The summed E-state index contributed by atoms with van der Waals surface area (Å²) in [6.07, 6.45) is 1.64. The minimum Gasteiger partial charge on any atom is -0.860 e. The Morgan fingerprint density at radius 1 is 1.71 bits per heavy atom. The van der Waals surface area contributed by atoms with Gasteiger partial charge in [-0.3, -0.25) is 0 Å². The van der Waals surface area contributed by atoms with Gasteiger partial charge in [-0.25, -0.2) is 0 Å². The molecule has 0 radical (unpaired) electrons. The van der Waals surface area contributed by atoms with Gasteiger partial charge in [0.05, 0.1) is 0 Å². The smallest absolute Gasteiger partial charge is 0.000194 e. The molecule has 0 spiro atoms. The first-order valence-corrected chi connectivity index (χ1v) is 2.11. The van der Waals surface area contributed by atoms with Crippen molar-refractivity contribution >= 4 is 0 Å². The Balaban J connectivity index is 3.12. The van der Waals surface area contributed by atoms with Crippen molar-refractivity contribution in [3.8, 4) is 5.88 Å². The monoisotopic (exact) mass is 96.0 g/mol. The molecular weight excluding hydrogens is 90.1 g/mol. The second-order valence-electron chi connectivity index (χ2n) is 1.49. The predicted molar refractivity (Wildman–Crippen MR) is 25.0 cm³/mol. The van der Waals surface area contributed by atoms with Crippen LogP contribution in [0.3, 0.4) is 0 Å². The minimum absolute atomic E-state index is 0.0139. The maximum Gasteiger partial charge on any atom is 0.000194 e. The first-order valence-electron chi connectivity index (χ1n) is 2.11. The van der Waals surface area contributed by atoms with Crippen molar-refractivity contribution in [1.82, 2.24) is 4.98 Å². The maximum atomic E-state index is 10.4.